The molecule has 0 spiro atoms. The van der Waals surface area contributed by atoms with Gasteiger partial charge in [-0.1, -0.05) is 38.1 Å². The number of aryl methyl sites for hydroxylation is 4. The van der Waals surface area contributed by atoms with Crippen LogP contribution in [0.4, 0.5) is 5.69 Å². The molecule has 180 valence electrons. The van der Waals surface area contributed by atoms with Crippen molar-refractivity contribution in [2.75, 3.05) is 12.4 Å². The predicted octanol–water partition coefficient (Wildman–Crippen LogP) is 7.47. The maximum absolute atomic E-state index is 6.46. The second-order valence-electron chi connectivity index (χ2n) is 9.46. The molecule has 1 unspecified atom stereocenters. The van der Waals surface area contributed by atoms with Crippen LogP contribution in [0.25, 0.3) is 11.3 Å². The number of nitrogens with zero attached hydrogens (tertiary/aromatic N) is 1. The number of pyridine rings is 1. The molecule has 4 rings (SSSR count). The summed E-state index contributed by atoms with van der Waals surface area (Å²) in [6.07, 6.45) is 5.19. The smallest absolute Gasteiger partial charge is 0.128 e. The van der Waals surface area contributed by atoms with Gasteiger partial charge in [0, 0.05) is 28.9 Å². The van der Waals surface area contributed by atoms with Gasteiger partial charge in [-0.3, -0.25) is 4.98 Å². The van der Waals surface area contributed by atoms with E-state index in [1.165, 1.54) is 27.8 Å². The van der Waals surface area contributed by atoms with E-state index in [0.717, 1.165) is 60.7 Å². The Kier molecular flexibility index (Phi) is 7.45. The molecular formula is C30H38N2O2. The first-order valence-electron chi connectivity index (χ1n) is 12.7. The standard InChI is InChI=1S/C30H38N2O2/c1-7-21-11-9-12-22(8-2)29(21)27-18-28(34-19(3)4)30-24(13-10-14-25(30)32-27)31-26-17-23(33-6)16-15-20(26)5/h9,11-12,15-19,24,31H,7-8,10,13-14H2,1-6H3. The summed E-state index contributed by atoms with van der Waals surface area (Å²) in [7, 11) is 1.71. The first kappa shape index (κ1) is 24.1. The number of fused-ring (bicyclic) bond motifs is 1. The van der Waals surface area contributed by atoms with E-state index >= 15 is 0 Å². The van der Waals surface area contributed by atoms with Gasteiger partial charge in [0.05, 0.1) is 30.6 Å². The summed E-state index contributed by atoms with van der Waals surface area (Å²) < 4.78 is 11.9. The lowest BCUT2D eigenvalue weighted by Gasteiger charge is -2.30. The van der Waals surface area contributed by atoms with E-state index in [1.54, 1.807) is 7.11 Å². The lowest BCUT2D eigenvalue weighted by atomic mass is 9.88. The van der Waals surface area contributed by atoms with E-state index in [4.69, 9.17) is 14.5 Å². The molecule has 0 saturated heterocycles. The largest absolute Gasteiger partial charge is 0.497 e. The van der Waals surface area contributed by atoms with Crippen LogP contribution in [0.5, 0.6) is 11.5 Å². The molecule has 0 saturated carbocycles. The fourth-order valence-corrected chi connectivity index (χ4v) is 5.03. The molecule has 0 bridgehead atoms. The van der Waals surface area contributed by atoms with Crippen LogP contribution in [0.1, 0.15) is 74.5 Å². The van der Waals surface area contributed by atoms with E-state index < -0.39 is 0 Å². The summed E-state index contributed by atoms with van der Waals surface area (Å²) in [6.45, 7) is 10.8. The monoisotopic (exact) mass is 458 g/mol. The fourth-order valence-electron chi connectivity index (χ4n) is 5.03. The van der Waals surface area contributed by atoms with Gasteiger partial charge in [-0.25, -0.2) is 0 Å². The number of rotatable bonds is 8. The Morgan fingerprint density at radius 3 is 2.44 bits per heavy atom. The SMILES string of the molecule is CCc1cccc(CC)c1-c1cc(OC(C)C)c2c(n1)CCCC2Nc1cc(OC)ccc1C. The number of ether oxygens (including phenoxy) is 2. The molecule has 1 atom stereocenters. The third kappa shape index (κ3) is 4.91. The number of nitrogens with one attached hydrogen (secondary N) is 1. The van der Waals surface area contributed by atoms with E-state index in [-0.39, 0.29) is 12.1 Å². The third-order valence-electron chi connectivity index (χ3n) is 6.75. The van der Waals surface area contributed by atoms with Crippen molar-refractivity contribution in [2.45, 2.75) is 78.9 Å². The van der Waals surface area contributed by atoms with Gasteiger partial charge in [0.1, 0.15) is 11.5 Å². The van der Waals surface area contributed by atoms with Gasteiger partial charge >= 0.3 is 0 Å². The molecule has 0 radical (unpaired) electrons. The van der Waals surface area contributed by atoms with Crippen LogP contribution >= 0.6 is 0 Å². The van der Waals surface area contributed by atoms with Crippen molar-refractivity contribution >= 4 is 5.69 Å². The molecule has 1 aliphatic carbocycles. The van der Waals surface area contributed by atoms with Crippen molar-refractivity contribution in [3.05, 3.63) is 70.4 Å². The second kappa shape index (κ2) is 10.5. The van der Waals surface area contributed by atoms with E-state index in [1.807, 2.05) is 6.07 Å². The zero-order valence-corrected chi connectivity index (χ0v) is 21.5. The first-order chi connectivity index (χ1) is 16.4. The summed E-state index contributed by atoms with van der Waals surface area (Å²) in [5.41, 5.74) is 9.68. The summed E-state index contributed by atoms with van der Waals surface area (Å²) >= 11 is 0. The maximum Gasteiger partial charge on any atom is 0.128 e. The molecule has 4 nitrogen and oxygen atoms in total. The van der Waals surface area contributed by atoms with Crippen molar-refractivity contribution in [2.24, 2.45) is 0 Å². The highest BCUT2D eigenvalue weighted by Crippen LogP contribution is 2.42. The summed E-state index contributed by atoms with van der Waals surface area (Å²) in [5, 5.41) is 3.80. The topological polar surface area (TPSA) is 43.4 Å². The molecule has 34 heavy (non-hydrogen) atoms. The van der Waals surface area contributed by atoms with Crippen LogP contribution < -0.4 is 14.8 Å². The van der Waals surface area contributed by atoms with Gasteiger partial charge in [0.15, 0.2) is 0 Å². The highest BCUT2D eigenvalue weighted by molar-refractivity contribution is 5.71. The zero-order valence-electron chi connectivity index (χ0n) is 21.5. The quantitative estimate of drug-likeness (QED) is 0.380. The van der Waals surface area contributed by atoms with Crippen molar-refractivity contribution in [3.8, 4) is 22.8 Å². The molecule has 0 aliphatic heterocycles. The number of benzene rings is 2. The molecule has 1 aromatic heterocycles. The van der Waals surface area contributed by atoms with Gasteiger partial charge in [-0.15, -0.1) is 0 Å². The average Bonchev–Trinajstić information content (AvgIpc) is 2.84. The lowest BCUT2D eigenvalue weighted by molar-refractivity contribution is 0.237. The van der Waals surface area contributed by atoms with Crippen LogP contribution in [-0.4, -0.2) is 18.2 Å². The van der Waals surface area contributed by atoms with Gasteiger partial charge in [0.25, 0.3) is 0 Å². The summed E-state index contributed by atoms with van der Waals surface area (Å²) in [6, 6.07) is 15.2. The Hall–Kier alpha value is -3.01. The molecular weight excluding hydrogens is 420 g/mol. The van der Waals surface area contributed by atoms with Crippen LogP contribution in [0.2, 0.25) is 0 Å². The molecule has 0 fully saturated rings. The summed E-state index contributed by atoms with van der Waals surface area (Å²) in [5.74, 6) is 1.82. The van der Waals surface area contributed by atoms with Gasteiger partial charge in [0.2, 0.25) is 0 Å². The second-order valence-corrected chi connectivity index (χ2v) is 9.46. The predicted molar refractivity (Wildman–Crippen MR) is 141 cm³/mol. The van der Waals surface area contributed by atoms with Crippen LogP contribution in [0.15, 0.2) is 42.5 Å². The minimum absolute atomic E-state index is 0.0903. The highest BCUT2D eigenvalue weighted by atomic mass is 16.5. The number of hydrogen-bond donors (Lipinski definition) is 1. The van der Waals surface area contributed by atoms with Crippen LogP contribution in [-0.2, 0) is 19.3 Å². The molecule has 1 heterocycles. The van der Waals surface area contributed by atoms with Crippen molar-refractivity contribution in [1.82, 2.24) is 4.98 Å². The number of hydrogen-bond acceptors (Lipinski definition) is 4. The zero-order chi connectivity index (χ0) is 24.2. The first-order valence-corrected chi connectivity index (χ1v) is 12.7. The average molecular weight is 459 g/mol. The number of anilines is 1. The molecule has 2 aromatic carbocycles. The van der Waals surface area contributed by atoms with Crippen molar-refractivity contribution in [1.29, 1.82) is 0 Å². The van der Waals surface area contributed by atoms with E-state index in [9.17, 15) is 0 Å². The lowest BCUT2D eigenvalue weighted by Crippen LogP contribution is -2.22. The fraction of sp³-hybridized carbons (Fsp3) is 0.433. The number of aromatic nitrogens is 1. The number of methoxy groups -OCH3 is 1. The summed E-state index contributed by atoms with van der Waals surface area (Å²) in [4.78, 5) is 5.27. The Morgan fingerprint density at radius 1 is 1.06 bits per heavy atom. The highest BCUT2D eigenvalue weighted by Gasteiger charge is 2.28. The van der Waals surface area contributed by atoms with Crippen molar-refractivity contribution in [3.63, 3.8) is 0 Å². The molecule has 1 N–H and O–H groups in total. The third-order valence-corrected chi connectivity index (χ3v) is 6.75. The molecule has 0 amide bonds. The van der Waals surface area contributed by atoms with Crippen LogP contribution in [0.3, 0.4) is 0 Å². The van der Waals surface area contributed by atoms with E-state index in [2.05, 4.69) is 76.3 Å². The normalized spacial score (nSPS) is 15.2. The Morgan fingerprint density at radius 2 is 1.79 bits per heavy atom. The van der Waals surface area contributed by atoms with E-state index in [0.29, 0.717) is 0 Å². The van der Waals surface area contributed by atoms with Gasteiger partial charge in [-0.2, -0.15) is 0 Å². The minimum Gasteiger partial charge on any atom is -0.497 e. The molecule has 1 aliphatic rings. The van der Waals surface area contributed by atoms with Gasteiger partial charge in [-0.05, 0) is 75.6 Å². The molecule has 3 aromatic rings. The van der Waals surface area contributed by atoms with Gasteiger partial charge < -0.3 is 14.8 Å². The Labute approximate surface area is 204 Å². The van der Waals surface area contributed by atoms with Crippen molar-refractivity contribution < 1.29 is 9.47 Å². The Bertz CT molecular complexity index is 1130. The maximum atomic E-state index is 6.46. The molecule has 4 heteroatoms. The Balaban J connectivity index is 1.83. The van der Waals surface area contributed by atoms with Crippen LogP contribution in [0, 0.1) is 6.92 Å². The minimum atomic E-state index is 0.0903.